The van der Waals surface area contributed by atoms with E-state index in [0.717, 1.165) is 36.5 Å². The Morgan fingerprint density at radius 1 is 1.35 bits per heavy atom. The van der Waals surface area contributed by atoms with Crippen molar-refractivity contribution in [3.05, 3.63) is 11.4 Å². The van der Waals surface area contributed by atoms with Crippen LogP contribution in [0.15, 0.2) is 0 Å². The van der Waals surface area contributed by atoms with E-state index in [-0.39, 0.29) is 6.10 Å². The molecule has 0 aliphatic heterocycles. The van der Waals surface area contributed by atoms with Gasteiger partial charge in [-0.05, 0) is 19.8 Å². The number of aliphatic hydroxyl groups is 1. The number of anilines is 2. The number of aromatic nitrogens is 2. The van der Waals surface area contributed by atoms with Crippen LogP contribution < -0.4 is 16.6 Å². The van der Waals surface area contributed by atoms with Gasteiger partial charge in [0.25, 0.3) is 0 Å². The Balaban J connectivity index is 2.19. The third-order valence-electron chi connectivity index (χ3n) is 3.10. The number of nitrogens with one attached hydrogen (secondary N) is 2. The minimum Gasteiger partial charge on any atom is -0.393 e. The lowest BCUT2D eigenvalue weighted by atomic mass is 9.89. The number of hydrogen-bond acceptors (Lipinski definition) is 6. The standard InChI is InChI=1S/C11H19N5O/c1-3-9-14-10(6(2)11(15-9)16-12)13-7-4-8(17)5-7/h7-8,17H,3-5,12H2,1-2H3,(H2,13,14,15,16). The second-order valence-electron chi connectivity index (χ2n) is 4.43. The van der Waals surface area contributed by atoms with Crippen LogP contribution in [0, 0.1) is 6.92 Å². The molecule has 0 spiro atoms. The minimum absolute atomic E-state index is 0.174. The number of rotatable bonds is 4. The fourth-order valence-electron chi connectivity index (χ4n) is 1.90. The van der Waals surface area contributed by atoms with Crippen LogP contribution in [0.4, 0.5) is 11.6 Å². The van der Waals surface area contributed by atoms with Gasteiger partial charge in [-0.1, -0.05) is 6.92 Å². The van der Waals surface area contributed by atoms with Gasteiger partial charge in [-0.25, -0.2) is 15.8 Å². The van der Waals surface area contributed by atoms with Crippen molar-refractivity contribution >= 4 is 11.6 Å². The van der Waals surface area contributed by atoms with Gasteiger partial charge in [0.05, 0.1) is 6.10 Å². The highest BCUT2D eigenvalue weighted by Gasteiger charge is 2.28. The van der Waals surface area contributed by atoms with Crippen LogP contribution in [0.2, 0.25) is 0 Å². The lowest BCUT2D eigenvalue weighted by Gasteiger charge is -2.33. The normalized spacial score (nSPS) is 23.1. The summed E-state index contributed by atoms with van der Waals surface area (Å²) in [6.07, 6.45) is 2.14. The monoisotopic (exact) mass is 237 g/mol. The number of nitrogens with two attached hydrogens (primary N) is 1. The zero-order valence-electron chi connectivity index (χ0n) is 10.2. The van der Waals surface area contributed by atoms with E-state index >= 15 is 0 Å². The molecule has 0 radical (unpaired) electrons. The zero-order chi connectivity index (χ0) is 12.4. The van der Waals surface area contributed by atoms with E-state index in [1.54, 1.807) is 0 Å². The second-order valence-corrected chi connectivity index (χ2v) is 4.43. The Morgan fingerprint density at radius 3 is 2.53 bits per heavy atom. The van der Waals surface area contributed by atoms with Gasteiger partial charge in [0.2, 0.25) is 0 Å². The molecule has 6 nitrogen and oxygen atoms in total. The summed E-state index contributed by atoms with van der Waals surface area (Å²) in [5.74, 6) is 7.65. The Labute approximate surface area is 101 Å². The third kappa shape index (κ3) is 2.48. The molecule has 0 aromatic carbocycles. The van der Waals surface area contributed by atoms with Crippen molar-refractivity contribution in [2.75, 3.05) is 10.7 Å². The molecule has 2 rings (SSSR count). The van der Waals surface area contributed by atoms with Gasteiger partial charge in [-0.3, -0.25) is 0 Å². The molecule has 17 heavy (non-hydrogen) atoms. The second kappa shape index (κ2) is 4.85. The van der Waals surface area contributed by atoms with Crippen molar-refractivity contribution in [3.63, 3.8) is 0 Å². The molecule has 0 unspecified atom stereocenters. The first kappa shape index (κ1) is 12.1. The molecule has 0 bridgehead atoms. The van der Waals surface area contributed by atoms with Gasteiger partial charge in [0, 0.05) is 18.0 Å². The van der Waals surface area contributed by atoms with Crippen LogP contribution in [0.1, 0.15) is 31.2 Å². The topological polar surface area (TPSA) is 96.1 Å². The van der Waals surface area contributed by atoms with E-state index in [9.17, 15) is 5.11 Å². The average Bonchev–Trinajstić information content (AvgIpc) is 2.29. The first-order valence-electron chi connectivity index (χ1n) is 5.92. The zero-order valence-corrected chi connectivity index (χ0v) is 10.2. The molecule has 1 aromatic rings. The SMILES string of the molecule is CCc1nc(NN)c(C)c(NC2CC(O)C2)n1. The van der Waals surface area contributed by atoms with Crippen molar-refractivity contribution in [1.82, 2.24) is 9.97 Å². The molecule has 0 amide bonds. The predicted octanol–water partition coefficient (Wildman–Crippen LogP) is 0.568. The third-order valence-corrected chi connectivity index (χ3v) is 3.10. The Morgan fingerprint density at radius 2 is 2.00 bits per heavy atom. The largest absolute Gasteiger partial charge is 0.393 e. The van der Waals surface area contributed by atoms with E-state index in [1.807, 2.05) is 13.8 Å². The van der Waals surface area contributed by atoms with Gasteiger partial charge >= 0.3 is 0 Å². The maximum absolute atomic E-state index is 9.26. The summed E-state index contributed by atoms with van der Waals surface area (Å²) in [5.41, 5.74) is 3.50. The number of nitrogen functional groups attached to an aromatic ring is 1. The summed E-state index contributed by atoms with van der Waals surface area (Å²) in [5, 5.41) is 12.6. The van der Waals surface area contributed by atoms with E-state index in [4.69, 9.17) is 5.84 Å². The molecule has 5 N–H and O–H groups in total. The van der Waals surface area contributed by atoms with Crippen molar-refractivity contribution in [1.29, 1.82) is 0 Å². The van der Waals surface area contributed by atoms with Crippen molar-refractivity contribution in [2.24, 2.45) is 5.84 Å². The van der Waals surface area contributed by atoms with Gasteiger partial charge in [0.1, 0.15) is 17.5 Å². The Bertz CT molecular complexity index is 403. The number of nitrogens with zero attached hydrogens (tertiary/aromatic N) is 2. The maximum Gasteiger partial charge on any atom is 0.148 e. The molecule has 1 aliphatic rings. The van der Waals surface area contributed by atoms with Gasteiger partial charge in [-0.2, -0.15) is 0 Å². The van der Waals surface area contributed by atoms with E-state index in [2.05, 4.69) is 20.7 Å². The molecule has 6 heteroatoms. The number of aryl methyl sites for hydroxylation is 1. The number of aliphatic hydroxyl groups excluding tert-OH is 1. The molecule has 1 aromatic heterocycles. The van der Waals surface area contributed by atoms with Crippen LogP contribution in [0.5, 0.6) is 0 Å². The quantitative estimate of drug-likeness (QED) is 0.451. The van der Waals surface area contributed by atoms with E-state index in [0.29, 0.717) is 11.9 Å². The average molecular weight is 237 g/mol. The number of hydrogen-bond donors (Lipinski definition) is 4. The smallest absolute Gasteiger partial charge is 0.148 e. The summed E-state index contributed by atoms with van der Waals surface area (Å²) in [6, 6.07) is 0.300. The van der Waals surface area contributed by atoms with Crippen LogP contribution in [0.3, 0.4) is 0 Å². The fraction of sp³-hybridized carbons (Fsp3) is 0.636. The predicted molar refractivity (Wildman–Crippen MR) is 66.6 cm³/mol. The molecule has 0 atom stereocenters. The number of hydrazine groups is 1. The van der Waals surface area contributed by atoms with Crippen molar-refractivity contribution in [3.8, 4) is 0 Å². The molecule has 94 valence electrons. The van der Waals surface area contributed by atoms with Gasteiger partial charge in [0.15, 0.2) is 0 Å². The molecule has 1 aliphatic carbocycles. The molecule has 1 fully saturated rings. The van der Waals surface area contributed by atoms with Crippen molar-refractivity contribution in [2.45, 2.75) is 45.3 Å². The molecule has 1 saturated carbocycles. The Kier molecular flexibility index (Phi) is 3.44. The maximum atomic E-state index is 9.26. The highest BCUT2D eigenvalue weighted by Crippen LogP contribution is 2.26. The highest BCUT2D eigenvalue weighted by atomic mass is 16.3. The van der Waals surface area contributed by atoms with Crippen LogP contribution >= 0.6 is 0 Å². The lowest BCUT2D eigenvalue weighted by molar-refractivity contribution is 0.0835. The molecule has 1 heterocycles. The lowest BCUT2D eigenvalue weighted by Crippen LogP contribution is -2.39. The summed E-state index contributed by atoms with van der Waals surface area (Å²) < 4.78 is 0. The fourth-order valence-corrected chi connectivity index (χ4v) is 1.90. The van der Waals surface area contributed by atoms with E-state index < -0.39 is 0 Å². The van der Waals surface area contributed by atoms with E-state index in [1.165, 1.54) is 0 Å². The summed E-state index contributed by atoms with van der Waals surface area (Å²) in [4.78, 5) is 8.75. The summed E-state index contributed by atoms with van der Waals surface area (Å²) >= 11 is 0. The van der Waals surface area contributed by atoms with Crippen LogP contribution in [-0.2, 0) is 6.42 Å². The molecular formula is C11H19N5O. The summed E-state index contributed by atoms with van der Waals surface area (Å²) in [7, 11) is 0. The highest BCUT2D eigenvalue weighted by molar-refractivity contribution is 5.57. The van der Waals surface area contributed by atoms with Crippen molar-refractivity contribution < 1.29 is 5.11 Å². The van der Waals surface area contributed by atoms with Crippen LogP contribution in [0.25, 0.3) is 0 Å². The van der Waals surface area contributed by atoms with Gasteiger partial charge in [-0.15, -0.1) is 0 Å². The molecular weight excluding hydrogens is 218 g/mol. The first-order chi connectivity index (χ1) is 8.13. The Hall–Kier alpha value is -1.40. The summed E-state index contributed by atoms with van der Waals surface area (Å²) in [6.45, 7) is 3.92. The minimum atomic E-state index is -0.174. The van der Waals surface area contributed by atoms with Crippen LogP contribution in [-0.4, -0.2) is 27.2 Å². The molecule has 0 saturated heterocycles. The first-order valence-corrected chi connectivity index (χ1v) is 5.92. The van der Waals surface area contributed by atoms with Gasteiger partial charge < -0.3 is 15.8 Å².